The van der Waals surface area contributed by atoms with E-state index in [-0.39, 0.29) is 11.8 Å². The maximum atomic E-state index is 10.6. The second kappa shape index (κ2) is 4.38. The molecule has 0 spiro atoms. The zero-order valence-electron chi connectivity index (χ0n) is 8.92. The van der Waals surface area contributed by atoms with Gasteiger partial charge in [-0.15, -0.1) is 0 Å². The molecule has 0 radical (unpaired) electrons. The maximum absolute atomic E-state index is 10.6. The minimum atomic E-state index is -0.744. The van der Waals surface area contributed by atoms with Gasteiger partial charge in [-0.3, -0.25) is 4.79 Å². The molecule has 1 aromatic rings. The molecule has 86 valence electrons. The zero-order valence-corrected chi connectivity index (χ0v) is 8.92. The first-order chi connectivity index (χ1) is 7.72. The molecule has 0 aromatic carbocycles. The second-order valence-corrected chi connectivity index (χ2v) is 3.76. The Bertz CT molecular complexity index is 393. The average Bonchev–Trinajstić information content (AvgIpc) is 3.06. The molecule has 5 nitrogen and oxygen atoms in total. The Balaban J connectivity index is 1.88. The van der Waals surface area contributed by atoms with E-state index in [1.54, 1.807) is 18.3 Å². The number of methoxy groups -OCH3 is 1. The summed E-state index contributed by atoms with van der Waals surface area (Å²) in [5.74, 6) is 0.105. The molecule has 2 atom stereocenters. The number of hydrogen-bond acceptors (Lipinski definition) is 4. The van der Waals surface area contributed by atoms with Gasteiger partial charge >= 0.3 is 5.97 Å². The van der Waals surface area contributed by atoms with E-state index in [1.807, 2.05) is 0 Å². The van der Waals surface area contributed by atoms with Crippen LogP contribution in [-0.2, 0) is 4.79 Å². The molecule has 5 heteroatoms. The highest BCUT2D eigenvalue weighted by molar-refractivity contribution is 5.73. The Kier molecular flexibility index (Phi) is 2.94. The summed E-state index contributed by atoms with van der Waals surface area (Å²) in [7, 11) is 1.52. The Labute approximate surface area is 93.0 Å². The molecule has 1 N–H and O–H groups in total. The Morgan fingerprint density at radius 3 is 3.12 bits per heavy atom. The van der Waals surface area contributed by atoms with Crippen LogP contribution in [0.15, 0.2) is 18.3 Å². The van der Waals surface area contributed by atoms with E-state index in [9.17, 15) is 4.79 Å². The number of nitrogens with zero attached hydrogens (tertiary/aromatic N) is 1. The molecular formula is C11H13NO4. The van der Waals surface area contributed by atoms with Gasteiger partial charge in [-0.25, -0.2) is 4.98 Å². The molecule has 0 bridgehead atoms. The van der Waals surface area contributed by atoms with Gasteiger partial charge in [0.15, 0.2) is 5.75 Å². The van der Waals surface area contributed by atoms with Crippen molar-refractivity contribution < 1.29 is 19.4 Å². The number of ether oxygens (including phenoxy) is 2. The Morgan fingerprint density at radius 2 is 2.50 bits per heavy atom. The van der Waals surface area contributed by atoms with E-state index in [2.05, 4.69) is 4.98 Å². The quantitative estimate of drug-likeness (QED) is 0.812. The molecular weight excluding hydrogens is 210 g/mol. The van der Waals surface area contributed by atoms with Gasteiger partial charge in [-0.05, 0) is 18.6 Å². The number of aromatic nitrogens is 1. The summed E-state index contributed by atoms with van der Waals surface area (Å²) in [4.78, 5) is 14.6. The Hall–Kier alpha value is -1.78. The topological polar surface area (TPSA) is 68.7 Å². The molecule has 1 aromatic heterocycles. The number of aliphatic carboxylic acids is 1. The summed E-state index contributed by atoms with van der Waals surface area (Å²) < 4.78 is 10.5. The Morgan fingerprint density at radius 1 is 1.69 bits per heavy atom. The van der Waals surface area contributed by atoms with E-state index in [0.717, 1.165) is 0 Å². The summed E-state index contributed by atoms with van der Waals surface area (Å²) in [5.41, 5.74) is 0. The van der Waals surface area contributed by atoms with Crippen LogP contribution in [0.3, 0.4) is 0 Å². The molecule has 1 aliphatic rings. The number of carbonyl (C=O) groups is 1. The lowest BCUT2D eigenvalue weighted by Crippen LogP contribution is -2.07. The summed E-state index contributed by atoms with van der Waals surface area (Å²) >= 11 is 0. The van der Waals surface area contributed by atoms with Gasteiger partial charge in [-0.2, -0.15) is 0 Å². The van der Waals surface area contributed by atoms with Gasteiger partial charge in [-0.1, -0.05) is 0 Å². The second-order valence-electron chi connectivity index (χ2n) is 3.76. The zero-order chi connectivity index (χ0) is 11.5. The van der Waals surface area contributed by atoms with Crippen LogP contribution in [0.1, 0.15) is 6.42 Å². The molecule has 1 saturated carbocycles. The summed E-state index contributed by atoms with van der Waals surface area (Å²) in [6.45, 7) is 0.402. The van der Waals surface area contributed by atoms with Crippen LogP contribution in [-0.4, -0.2) is 29.8 Å². The van der Waals surface area contributed by atoms with Crippen LogP contribution in [0.2, 0.25) is 0 Å². The number of carboxylic acid groups (broad SMARTS) is 1. The van der Waals surface area contributed by atoms with E-state index >= 15 is 0 Å². The SMILES string of the molecule is COc1ncccc1OC[C@@H]1C[C@H]1C(=O)O. The molecule has 1 heterocycles. The lowest BCUT2D eigenvalue weighted by atomic mass is 10.3. The average molecular weight is 223 g/mol. The fourth-order valence-electron chi connectivity index (χ4n) is 1.57. The molecule has 0 saturated heterocycles. The van der Waals surface area contributed by atoms with Crippen LogP contribution in [0.25, 0.3) is 0 Å². The monoisotopic (exact) mass is 223 g/mol. The predicted octanol–water partition coefficient (Wildman–Crippen LogP) is 1.19. The normalized spacial score (nSPS) is 22.6. The number of pyridine rings is 1. The molecule has 0 aliphatic heterocycles. The van der Waals surface area contributed by atoms with Crippen molar-refractivity contribution in [1.82, 2.24) is 4.98 Å². The minimum absolute atomic E-state index is 0.113. The van der Waals surface area contributed by atoms with Crippen LogP contribution >= 0.6 is 0 Å². The van der Waals surface area contributed by atoms with E-state index in [4.69, 9.17) is 14.6 Å². The molecule has 1 fully saturated rings. The third kappa shape index (κ3) is 2.24. The van der Waals surface area contributed by atoms with Crippen molar-refractivity contribution in [3.63, 3.8) is 0 Å². The fraction of sp³-hybridized carbons (Fsp3) is 0.455. The highest BCUT2D eigenvalue weighted by atomic mass is 16.5. The first-order valence-electron chi connectivity index (χ1n) is 5.07. The fourth-order valence-corrected chi connectivity index (χ4v) is 1.57. The van der Waals surface area contributed by atoms with Gasteiger partial charge in [0, 0.05) is 12.1 Å². The van der Waals surface area contributed by atoms with Crippen molar-refractivity contribution in [3.8, 4) is 11.6 Å². The molecule has 16 heavy (non-hydrogen) atoms. The van der Waals surface area contributed by atoms with Gasteiger partial charge in [0.1, 0.15) is 0 Å². The third-order valence-electron chi connectivity index (χ3n) is 2.62. The first kappa shape index (κ1) is 10.7. The van der Waals surface area contributed by atoms with Gasteiger partial charge in [0.25, 0.3) is 5.88 Å². The lowest BCUT2D eigenvalue weighted by molar-refractivity contribution is -0.138. The number of carboxylic acids is 1. The van der Waals surface area contributed by atoms with Crippen molar-refractivity contribution >= 4 is 5.97 Å². The largest absolute Gasteiger partial charge is 0.488 e. The number of hydrogen-bond donors (Lipinski definition) is 1. The van der Waals surface area contributed by atoms with Crippen molar-refractivity contribution in [3.05, 3.63) is 18.3 Å². The van der Waals surface area contributed by atoms with Gasteiger partial charge in [0.2, 0.25) is 0 Å². The third-order valence-corrected chi connectivity index (χ3v) is 2.62. The number of rotatable bonds is 5. The lowest BCUT2D eigenvalue weighted by Gasteiger charge is -2.08. The summed E-state index contributed by atoms with van der Waals surface area (Å²) in [5, 5.41) is 8.73. The van der Waals surface area contributed by atoms with Gasteiger partial charge < -0.3 is 14.6 Å². The highest BCUT2D eigenvalue weighted by Gasteiger charge is 2.43. The molecule has 1 aliphatic carbocycles. The molecule has 0 unspecified atom stereocenters. The van der Waals surface area contributed by atoms with Crippen molar-refractivity contribution in [2.75, 3.05) is 13.7 Å². The van der Waals surface area contributed by atoms with Crippen molar-refractivity contribution in [2.24, 2.45) is 11.8 Å². The minimum Gasteiger partial charge on any atom is -0.488 e. The van der Waals surface area contributed by atoms with Gasteiger partial charge in [0.05, 0.1) is 19.6 Å². The van der Waals surface area contributed by atoms with Crippen LogP contribution in [0, 0.1) is 11.8 Å². The van der Waals surface area contributed by atoms with Crippen LogP contribution < -0.4 is 9.47 Å². The first-order valence-corrected chi connectivity index (χ1v) is 5.07. The summed E-state index contributed by atoms with van der Waals surface area (Å²) in [6, 6.07) is 3.50. The smallest absolute Gasteiger partial charge is 0.306 e. The maximum Gasteiger partial charge on any atom is 0.306 e. The van der Waals surface area contributed by atoms with Crippen LogP contribution in [0.4, 0.5) is 0 Å². The standard InChI is InChI=1S/C11H13NO4/c1-15-10-9(3-2-4-12-10)16-6-7-5-8(7)11(13)14/h2-4,7-8H,5-6H2,1H3,(H,13,14)/t7-,8+/m0/s1. The van der Waals surface area contributed by atoms with Crippen LogP contribution in [0.5, 0.6) is 11.6 Å². The van der Waals surface area contributed by atoms with E-state index < -0.39 is 5.97 Å². The van der Waals surface area contributed by atoms with E-state index in [1.165, 1.54) is 7.11 Å². The molecule has 0 amide bonds. The highest BCUT2D eigenvalue weighted by Crippen LogP contribution is 2.39. The van der Waals surface area contributed by atoms with Crippen molar-refractivity contribution in [2.45, 2.75) is 6.42 Å². The van der Waals surface area contributed by atoms with E-state index in [0.29, 0.717) is 24.7 Å². The van der Waals surface area contributed by atoms with Crippen molar-refractivity contribution in [1.29, 1.82) is 0 Å². The molecule has 2 rings (SSSR count). The summed E-state index contributed by atoms with van der Waals surface area (Å²) in [6.07, 6.45) is 2.31. The predicted molar refractivity (Wildman–Crippen MR) is 55.5 cm³/mol.